The number of rotatable bonds is 5. The quantitative estimate of drug-likeness (QED) is 0.324. The first-order chi connectivity index (χ1) is 20.9. The smallest absolute Gasteiger partial charge is 0.358 e. The molecule has 8 heteroatoms. The number of aromatic nitrogens is 2. The third-order valence-electron chi connectivity index (χ3n) is 10.5. The second kappa shape index (κ2) is 10.4. The Bertz CT molecular complexity index is 1610. The maximum atomic E-state index is 13.8. The van der Waals surface area contributed by atoms with Gasteiger partial charge in [-0.2, -0.15) is 0 Å². The Hall–Kier alpha value is -3.81. The number of carbonyl (C=O) groups excluding carboxylic acids is 2. The highest BCUT2D eigenvalue weighted by molar-refractivity contribution is 5.96. The summed E-state index contributed by atoms with van der Waals surface area (Å²) in [5.74, 6) is 2.39. The molecule has 0 spiro atoms. The van der Waals surface area contributed by atoms with Gasteiger partial charge in [0.15, 0.2) is 5.69 Å². The second-order valence-corrected chi connectivity index (χ2v) is 14.6. The molecule has 8 rings (SSSR count). The Morgan fingerprint density at radius 2 is 1.61 bits per heavy atom. The number of pyridine rings is 1. The second-order valence-electron chi connectivity index (χ2n) is 14.6. The van der Waals surface area contributed by atoms with Crippen LogP contribution in [0.15, 0.2) is 36.5 Å². The van der Waals surface area contributed by atoms with E-state index < -0.39 is 17.5 Å². The SMILES string of the molecule is COC(=O)c1ccc(O)c2c1CN(c1ccc(-c3ccn(C45CC6CC(CC(C6)C4)C5)c3C)c(C(=O)OC(C)(C)C)n1)CC2. The van der Waals surface area contributed by atoms with Gasteiger partial charge in [0.2, 0.25) is 0 Å². The maximum absolute atomic E-state index is 13.8. The van der Waals surface area contributed by atoms with Crippen LogP contribution in [0, 0.1) is 24.7 Å². The van der Waals surface area contributed by atoms with Crippen molar-refractivity contribution < 1.29 is 24.2 Å². The first kappa shape index (κ1) is 28.9. The lowest BCUT2D eigenvalue weighted by atomic mass is 9.53. The molecule has 2 aromatic heterocycles. The van der Waals surface area contributed by atoms with Crippen LogP contribution in [0.25, 0.3) is 11.1 Å². The number of anilines is 1. The van der Waals surface area contributed by atoms with Crippen molar-refractivity contribution in [2.45, 2.75) is 90.3 Å². The fourth-order valence-electron chi connectivity index (χ4n) is 9.15. The summed E-state index contributed by atoms with van der Waals surface area (Å²) >= 11 is 0. The summed E-state index contributed by atoms with van der Waals surface area (Å²) in [6.07, 6.45) is 10.7. The Morgan fingerprint density at radius 3 is 2.25 bits per heavy atom. The summed E-state index contributed by atoms with van der Waals surface area (Å²) in [6.45, 7) is 8.72. The molecular weight excluding hydrogens is 554 g/mol. The minimum Gasteiger partial charge on any atom is -0.508 e. The molecule has 3 heterocycles. The number of hydrogen-bond acceptors (Lipinski definition) is 7. The highest BCUT2D eigenvalue weighted by Crippen LogP contribution is 2.59. The normalized spacial score (nSPS) is 25.6. The van der Waals surface area contributed by atoms with Crippen molar-refractivity contribution in [3.05, 3.63) is 64.6 Å². The highest BCUT2D eigenvalue weighted by atomic mass is 16.6. The standard InChI is InChI=1S/C36H43N3O5/c1-21-25(11-13-39(21)36-17-22-14-23(18-36)16-24(15-22)19-36)27-7-9-31(37-32(27)34(42)44-35(2,3)4)38-12-10-26-29(20-38)28(33(41)43-5)6-8-30(26)40/h6-9,11,13,22-24,40H,10,12,14-20H2,1-5H3. The van der Waals surface area contributed by atoms with E-state index in [-0.39, 0.29) is 11.3 Å². The molecule has 0 saturated heterocycles. The molecule has 4 fully saturated rings. The molecule has 1 aromatic carbocycles. The zero-order chi connectivity index (χ0) is 31.0. The number of carbonyl (C=O) groups is 2. The lowest BCUT2D eigenvalue weighted by molar-refractivity contribution is -0.0437. The zero-order valence-corrected chi connectivity index (χ0v) is 26.5. The van der Waals surface area contributed by atoms with E-state index in [9.17, 15) is 14.7 Å². The molecule has 4 bridgehead atoms. The Morgan fingerprint density at radius 1 is 0.932 bits per heavy atom. The Kier molecular flexibility index (Phi) is 6.83. The van der Waals surface area contributed by atoms with Gasteiger partial charge in [-0.1, -0.05) is 0 Å². The maximum Gasteiger partial charge on any atom is 0.358 e. The molecule has 232 valence electrons. The molecule has 4 saturated carbocycles. The summed E-state index contributed by atoms with van der Waals surface area (Å²) in [4.78, 5) is 33.3. The number of phenols is 1. The van der Waals surface area contributed by atoms with E-state index in [0.29, 0.717) is 36.6 Å². The van der Waals surface area contributed by atoms with Crippen LogP contribution < -0.4 is 4.90 Å². The van der Waals surface area contributed by atoms with Crippen molar-refractivity contribution in [3.8, 4) is 16.9 Å². The number of aromatic hydroxyl groups is 1. The number of methoxy groups -OCH3 is 1. The minimum atomic E-state index is -0.677. The molecule has 44 heavy (non-hydrogen) atoms. The highest BCUT2D eigenvalue weighted by Gasteiger charge is 2.52. The molecule has 4 aliphatic carbocycles. The number of phenolic OH excluding ortho intramolecular Hbond substituents is 1. The molecule has 1 aliphatic heterocycles. The summed E-state index contributed by atoms with van der Waals surface area (Å²) in [6, 6.07) is 9.25. The van der Waals surface area contributed by atoms with Crippen LogP contribution in [-0.2, 0) is 28.0 Å². The van der Waals surface area contributed by atoms with E-state index in [2.05, 4.69) is 23.8 Å². The Labute approximate surface area is 259 Å². The first-order valence-corrected chi connectivity index (χ1v) is 16.0. The fraction of sp³-hybridized carbons (Fsp3) is 0.528. The predicted octanol–water partition coefficient (Wildman–Crippen LogP) is 6.79. The van der Waals surface area contributed by atoms with E-state index in [0.717, 1.165) is 40.0 Å². The lowest BCUT2D eigenvalue weighted by Crippen LogP contribution is -2.51. The van der Waals surface area contributed by atoms with E-state index in [1.807, 2.05) is 37.8 Å². The molecule has 0 unspecified atom stereocenters. The topological polar surface area (TPSA) is 93.9 Å². The van der Waals surface area contributed by atoms with Crippen LogP contribution in [0.5, 0.6) is 5.75 Å². The van der Waals surface area contributed by atoms with Crippen molar-refractivity contribution in [2.24, 2.45) is 17.8 Å². The number of ether oxygens (including phenoxy) is 2. The zero-order valence-electron chi connectivity index (χ0n) is 26.5. The van der Waals surface area contributed by atoms with Gasteiger partial charge < -0.3 is 24.0 Å². The lowest BCUT2D eigenvalue weighted by Gasteiger charge is -2.57. The van der Waals surface area contributed by atoms with Crippen molar-refractivity contribution in [3.63, 3.8) is 0 Å². The van der Waals surface area contributed by atoms with Gasteiger partial charge in [0.25, 0.3) is 0 Å². The molecule has 1 N–H and O–H groups in total. The van der Waals surface area contributed by atoms with Crippen LogP contribution in [0.4, 0.5) is 5.82 Å². The molecular formula is C36H43N3O5. The van der Waals surface area contributed by atoms with Crippen LogP contribution in [0.2, 0.25) is 0 Å². The number of esters is 2. The molecule has 0 amide bonds. The van der Waals surface area contributed by atoms with E-state index in [4.69, 9.17) is 14.5 Å². The molecule has 0 radical (unpaired) electrons. The largest absolute Gasteiger partial charge is 0.508 e. The third-order valence-corrected chi connectivity index (χ3v) is 10.5. The molecule has 0 atom stereocenters. The van der Waals surface area contributed by atoms with Gasteiger partial charge in [0.1, 0.15) is 17.2 Å². The number of nitrogens with zero attached hydrogens (tertiary/aromatic N) is 3. The van der Waals surface area contributed by atoms with Crippen molar-refractivity contribution in [1.29, 1.82) is 0 Å². The van der Waals surface area contributed by atoms with Gasteiger partial charge in [0, 0.05) is 47.2 Å². The van der Waals surface area contributed by atoms with E-state index >= 15 is 0 Å². The number of fused-ring (bicyclic) bond motifs is 1. The molecule has 5 aliphatic rings. The van der Waals surface area contributed by atoms with Gasteiger partial charge in [0.05, 0.1) is 12.7 Å². The number of benzene rings is 1. The summed E-state index contributed by atoms with van der Waals surface area (Å²) < 4.78 is 13.4. The van der Waals surface area contributed by atoms with Gasteiger partial charge >= 0.3 is 11.9 Å². The first-order valence-electron chi connectivity index (χ1n) is 16.0. The van der Waals surface area contributed by atoms with Crippen molar-refractivity contribution in [1.82, 2.24) is 9.55 Å². The van der Waals surface area contributed by atoms with E-state index in [1.54, 1.807) is 12.1 Å². The van der Waals surface area contributed by atoms with Crippen LogP contribution in [0.1, 0.15) is 97.0 Å². The molecule has 3 aromatic rings. The third kappa shape index (κ3) is 4.87. The fourth-order valence-corrected chi connectivity index (χ4v) is 9.15. The average molecular weight is 598 g/mol. The van der Waals surface area contributed by atoms with Gasteiger partial charge in [-0.15, -0.1) is 0 Å². The average Bonchev–Trinajstić information content (AvgIpc) is 3.36. The van der Waals surface area contributed by atoms with Gasteiger partial charge in [-0.05, 0) is 126 Å². The predicted molar refractivity (Wildman–Crippen MR) is 168 cm³/mol. The van der Waals surface area contributed by atoms with Crippen LogP contribution in [-0.4, -0.2) is 45.9 Å². The summed E-state index contributed by atoms with van der Waals surface area (Å²) in [7, 11) is 1.36. The van der Waals surface area contributed by atoms with Gasteiger partial charge in [-0.3, -0.25) is 0 Å². The number of hydrogen-bond donors (Lipinski definition) is 1. The van der Waals surface area contributed by atoms with E-state index in [1.165, 1.54) is 51.3 Å². The molecule has 8 nitrogen and oxygen atoms in total. The van der Waals surface area contributed by atoms with Crippen molar-refractivity contribution >= 4 is 17.8 Å². The monoisotopic (exact) mass is 597 g/mol. The minimum absolute atomic E-state index is 0.170. The summed E-state index contributed by atoms with van der Waals surface area (Å²) in [5, 5.41) is 10.5. The van der Waals surface area contributed by atoms with Crippen LogP contribution >= 0.6 is 0 Å². The summed E-state index contributed by atoms with van der Waals surface area (Å²) in [5.41, 5.74) is 4.65. The van der Waals surface area contributed by atoms with Crippen LogP contribution in [0.3, 0.4) is 0 Å². The Balaban J connectivity index is 1.27. The van der Waals surface area contributed by atoms with Crippen molar-refractivity contribution in [2.75, 3.05) is 18.6 Å². The van der Waals surface area contributed by atoms with Gasteiger partial charge in [-0.25, -0.2) is 14.6 Å².